The van der Waals surface area contributed by atoms with Crippen molar-refractivity contribution in [1.82, 2.24) is 5.32 Å². The molecular weight excluding hydrogens is 334 g/mol. The van der Waals surface area contributed by atoms with E-state index in [1.165, 1.54) is 27.2 Å². The first kappa shape index (κ1) is 23.9. The summed E-state index contributed by atoms with van der Waals surface area (Å²) >= 11 is 0. The van der Waals surface area contributed by atoms with Gasteiger partial charge in [0.25, 0.3) is 0 Å². The van der Waals surface area contributed by atoms with Gasteiger partial charge in [-0.1, -0.05) is 31.4 Å². The van der Waals surface area contributed by atoms with Gasteiger partial charge in [0, 0.05) is 25.5 Å². The molecule has 1 atom stereocenters. The molecule has 1 N–H and O–H groups in total. The van der Waals surface area contributed by atoms with E-state index in [-0.39, 0.29) is 17.9 Å². The van der Waals surface area contributed by atoms with Gasteiger partial charge < -0.3 is 14.8 Å². The summed E-state index contributed by atoms with van der Waals surface area (Å²) in [6, 6.07) is -0.217. The summed E-state index contributed by atoms with van der Waals surface area (Å²) in [5.74, 6) is -0.695. The Morgan fingerprint density at radius 2 is 1.62 bits per heavy atom. The molecule has 0 aliphatic rings. The Labute approximate surface area is 157 Å². The molecule has 0 spiro atoms. The van der Waals surface area contributed by atoms with Crippen molar-refractivity contribution in [3.05, 3.63) is 23.8 Å². The van der Waals surface area contributed by atoms with E-state index >= 15 is 0 Å². The SMILES string of the molecule is COC(=O)/C=C(/C/C=C/CCCCCCCC(=O)OC)[C@H](C)NC(C)=O. The highest BCUT2D eigenvalue weighted by molar-refractivity contribution is 5.83. The Bertz CT molecular complexity index is 496. The highest BCUT2D eigenvalue weighted by Gasteiger charge is 2.10. The monoisotopic (exact) mass is 367 g/mol. The summed E-state index contributed by atoms with van der Waals surface area (Å²) in [7, 11) is 2.75. The van der Waals surface area contributed by atoms with E-state index in [0.29, 0.717) is 12.8 Å². The predicted octanol–water partition coefficient (Wildman–Crippen LogP) is 3.46. The second-order valence-corrected chi connectivity index (χ2v) is 6.22. The van der Waals surface area contributed by atoms with Crippen LogP contribution in [-0.4, -0.2) is 38.1 Å². The molecular formula is C20H33NO5. The third-order valence-electron chi connectivity index (χ3n) is 3.98. The van der Waals surface area contributed by atoms with E-state index in [2.05, 4.69) is 20.9 Å². The molecule has 6 nitrogen and oxygen atoms in total. The summed E-state index contributed by atoms with van der Waals surface area (Å²) in [4.78, 5) is 33.6. The van der Waals surface area contributed by atoms with Gasteiger partial charge in [0.15, 0.2) is 0 Å². The van der Waals surface area contributed by atoms with Gasteiger partial charge in [-0.3, -0.25) is 9.59 Å². The first-order valence-electron chi connectivity index (χ1n) is 9.18. The summed E-state index contributed by atoms with van der Waals surface area (Å²) in [5.41, 5.74) is 0.811. The number of carbonyl (C=O) groups is 3. The normalized spacial score (nSPS) is 12.7. The molecule has 26 heavy (non-hydrogen) atoms. The molecule has 0 saturated heterocycles. The van der Waals surface area contributed by atoms with Gasteiger partial charge in [-0.05, 0) is 38.2 Å². The third kappa shape index (κ3) is 13.2. The standard InChI is InChI=1S/C20H33NO5/c1-16(21-17(2)22)18(15-20(24)26-4)13-11-9-7-5-6-8-10-12-14-19(23)25-3/h9,11,15-16H,5-8,10,12-14H2,1-4H3,(H,21,22)/b11-9+,18-15-/t16-/m0/s1. The molecule has 0 aromatic heterocycles. The summed E-state index contributed by atoms with van der Waals surface area (Å²) in [6.07, 6.45) is 12.9. The van der Waals surface area contributed by atoms with Gasteiger partial charge in [-0.25, -0.2) is 4.79 Å². The van der Waals surface area contributed by atoms with Crippen LogP contribution in [0, 0.1) is 0 Å². The number of nitrogens with one attached hydrogen (secondary N) is 1. The fourth-order valence-corrected chi connectivity index (χ4v) is 2.47. The molecule has 0 rings (SSSR count). The van der Waals surface area contributed by atoms with Crippen LogP contribution in [0.2, 0.25) is 0 Å². The molecule has 0 saturated carbocycles. The second kappa shape index (κ2) is 15.2. The minimum Gasteiger partial charge on any atom is -0.469 e. The van der Waals surface area contributed by atoms with E-state index in [1.807, 2.05) is 13.0 Å². The minimum atomic E-state index is -0.419. The number of hydrogen-bond acceptors (Lipinski definition) is 5. The van der Waals surface area contributed by atoms with E-state index < -0.39 is 5.97 Å². The maximum Gasteiger partial charge on any atom is 0.330 e. The van der Waals surface area contributed by atoms with Crippen molar-refractivity contribution in [2.45, 2.75) is 71.3 Å². The number of hydrogen-bond donors (Lipinski definition) is 1. The van der Waals surface area contributed by atoms with E-state index in [1.54, 1.807) is 0 Å². The van der Waals surface area contributed by atoms with Crippen LogP contribution in [0.4, 0.5) is 0 Å². The lowest BCUT2D eigenvalue weighted by Crippen LogP contribution is -2.32. The number of amides is 1. The number of rotatable bonds is 13. The largest absolute Gasteiger partial charge is 0.469 e. The van der Waals surface area contributed by atoms with Crippen molar-refractivity contribution in [3.8, 4) is 0 Å². The first-order chi connectivity index (χ1) is 12.4. The van der Waals surface area contributed by atoms with Gasteiger partial charge in [0.2, 0.25) is 5.91 Å². The molecule has 0 fully saturated rings. The van der Waals surface area contributed by atoms with Crippen molar-refractivity contribution < 1.29 is 23.9 Å². The second-order valence-electron chi connectivity index (χ2n) is 6.22. The Kier molecular flexibility index (Phi) is 13.9. The summed E-state index contributed by atoms with van der Waals surface area (Å²) < 4.78 is 9.27. The fraction of sp³-hybridized carbons (Fsp3) is 0.650. The molecule has 0 aliphatic heterocycles. The Morgan fingerprint density at radius 1 is 0.962 bits per heavy atom. The average molecular weight is 367 g/mol. The number of esters is 2. The van der Waals surface area contributed by atoms with E-state index in [9.17, 15) is 14.4 Å². The molecule has 0 bridgehead atoms. The molecule has 0 unspecified atom stereocenters. The van der Waals surface area contributed by atoms with Gasteiger partial charge in [-0.15, -0.1) is 0 Å². The number of methoxy groups -OCH3 is 2. The number of ether oxygens (including phenoxy) is 2. The van der Waals surface area contributed by atoms with Gasteiger partial charge in [0.1, 0.15) is 0 Å². The van der Waals surface area contributed by atoms with Crippen LogP contribution in [0.1, 0.15) is 65.2 Å². The predicted molar refractivity (Wildman–Crippen MR) is 101 cm³/mol. The van der Waals surface area contributed by atoms with Gasteiger partial charge in [0.05, 0.1) is 14.2 Å². The van der Waals surface area contributed by atoms with Crippen molar-refractivity contribution in [1.29, 1.82) is 0 Å². The minimum absolute atomic E-state index is 0.135. The maximum atomic E-state index is 11.5. The van der Waals surface area contributed by atoms with Crippen molar-refractivity contribution in [2.75, 3.05) is 14.2 Å². The third-order valence-corrected chi connectivity index (χ3v) is 3.98. The zero-order valence-corrected chi connectivity index (χ0v) is 16.5. The smallest absolute Gasteiger partial charge is 0.330 e. The van der Waals surface area contributed by atoms with Crippen LogP contribution >= 0.6 is 0 Å². The highest BCUT2D eigenvalue weighted by Crippen LogP contribution is 2.11. The lowest BCUT2D eigenvalue weighted by atomic mass is 10.0. The van der Waals surface area contributed by atoms with Gasteiger partial charge >= 0.3 is 11.9 Å². The molecule has 0 aromatic rings. The molecule has 0 aliphatic carbocycles. The molecule has 0 heterocycles. The molecule has 148 valence electrons. The first-order valence-corrected chi connectivity index (χ1v) is 9.18. The maximum absolute atomic E-state index is 11.5. The average Bonchev–Trinajstić information content (AvgIpc) is 2.60. The van der Waals surface area contributed by atoms with Crippen molar-refractivity contribution in [2.24, 2.45) is 0 Å². The van der Waals surface area contributed by atoms with Crippen molar-refractivity contribution in [3.63, 3.8) is 0 Å². The van der Waals surface area contributed by atoms with Gasteiger partial charge in [-0.2, -0.15) is 0 Å². The summed E-state index contributed by atoms with van der Waals surface area (Å²) in [6.45, 7) is 3.30. The van der Waals surface area contributed by atoms with Crippen LogP contribution in [-0.2, 0) is 23.9 Å². The van der Waals surface area contributed by atoms with Crippen LogP contribution in [0.3, 0.4) is 0 Å². The molecule has 6 heteroatoms. The van der Waals surface area contributed by atoms with Crippen LogP contribution in [0.5, 0.6) is 0 Å². The molecule has 1 amide bonds. The number of unbranched alkanes of at least 4 members (excludes halogenated alkanes) is 5. The lowest BCUT2D eigenvalue weighted by Gasteiger charge is -2.15. The molecule has 0 aromatic carbocycles. The number of carbonyl (C=O) groups excluding carboxylic acids is 3. The van der Waals surface area contributed by atoms with Crippen LogP contribution < -0.4 is 5.32 Å². The number of allylic oxidation sites excluding steroid dienone is 2. The van der Waals surface area contributed by atoms with Crippen LogP contribution in [0.15, 0.2) is 23.8 Å². The Morgan fingerprint density at radius 3 is 2.23 bits per heavy atom. The lowest BCUT2D eigenvalue weighted by molar-refractivity contribution is -0.140. The Balaban J connectivity index is 4.08. The molecule has 0 radical (unpaired) electrons. The highest BCUT2D eigenvalue weighted by atomic mass is 16.5. The van der Waals surface area contributed by atoms with Crippen LogP contribution in [0.25, 0.3) is 0 Å². The van der Waals surface area contributed by atoms with E-state index in [4.69, 9.17) is 0 Å². The summed E-state index contributed by atoms with van der Waals surface area (Å²) in [5, 5.41) is 2.78. The van der Waals surface area contributed by atoms with E-state index in [0.717, 1.165) is 44.1 Å². The fourth-order valence-electron chi connectivity index (χ4n) is 2.47. The zero-order valence-electron chi connectivity index (χ0n) is 16.5. The van der Waals surface area contributed by atoms with Crippen molar-refractivity contribution >= 4 is 17.8 Å². The quantitative estimate of drug-likeness (QED) is 0.233. The topological polar surface area (TPSA) is 81.7 Å². The zero-order chi connectivity index (χ0) is 19.8. The Hall–Kier alpha value is -2.11.